The third-order valence-corrected chi connectivity index (χ3v) is 7.05. The molecule has 2 heterocycles. The highest BCUT2D eigenvalue weighted by atomic mass is 16.2. The Labute approximate surface area is 257 Å². The fourth-order valence-electron chi connectivity index (χ4n) is 4.65. The Balaban J connectivity index is 1.45. The molecule has 0 aliphatic heterocycles. The van der Waals surface area contributed by atoms with Gasteiger partial charge >= 0.3 is 0 Å². The first-order valence-corrected chi connectivity index (χ1v) is 14.6. The van der Waals surface area contributed by atoms with Gasteiger partial charge in [-0.15, -0.1) is 0 Å². The first kappa shape index (κ1) is 31.9. The average molecular weight is 597 g/mol. The SMILES string of the molecule is CCn1ccc(-c2cc(-c3cnn(C)c3)cc([C@@H](C)NC(=O)c3ccccc3CCC(=O)NNC(=O)/C=C/CN(C)C)c2)n1. The summed E-state index contributed by atoms with van der Waals surface area (Å²) in [6, 6.07) is 15.1. The maximum absolute atomic E-state index is 13.5. The molecular formula is C33H40N8O3. The van der Waals surface area contributed by atoms with Gasteiger partial charge in [0.25, 0.3) is 11.8 Å². The third kappa shape index (κ3) is 8.74. The molecule has 2 aromatic carbocycles. The van der Waals surface area contributed by atoms with Gasteiger partial charge in [0.05, 0.1) is 17.9 Å². The number of carbonyl (C=O) groups is 3. The van der Waals surface area contributed by atoms with E-state index in [2.05, 4.69) is 38.5 Å². The Kier molecular flexibility index (Phi) is 10.8. The predicted octanol–water partition coefficient (Wildman–Crippen LogP) is 3.66. The molecule has 3 amide bonds. The van der Waals surface area contributed by atoms with Crippen LogP contribution >= 0.6 is 0 Å². The van der Waals surface area contributed by atoms with Gasteiger partial charge < -0.3 is 10.2 Å². The lowest BCUT2D eigenvalue weighted by atomic mass is 9.96. The molecule has 0 radical (unpaired) electrons. The number of aromatic nitrogens is 4. The molecule has 0 unspecified atom stereocenters. The number of nitrogens with zero attached hydrogens (tertiary/aromatic N) is 5. The molecule has 0 bridgehead atoms. The van der Waals surface area contributed by atoms with E-state index in [0.717, 1.165) is 40.1 Å². The number of benzene rings is 2. The van der Waals surface area contributed by atoms with Crippen molar-refractivity contribution < 1.29 is 14.4 Å². The summed E-state index contributed by atoms with van der Waals surface area (Å²) >= 11 is 0. The largest absolute Gasteiger partial charge is 0.346 e. The topological polar surface area (TPSA) is 126 Å². The molecule has 11 nitrogen and oxygen atoms in total. The molecule has 3 N–H and O–H groups in total. The molecule has 0 fully saturated rings. The summed E-state index contributed by atoms with van der Waals surface area (Å²) in [6.45, 7) is 5.37. The highest BCUT2D eigenvalue weighted by molar-refractivity contribution is 5.96. The summed E-state index contributed by atoms with van der Waals surface area (Å²) in [5.74, 6) is -1.01. The molecule has 11 heteroatoms. The van der Waals surface area contributed by atoms with Crippen molar-refractivity contribution in [3.05, 3.63) is 96.0 Å². The number of hydrogen-bond donors (Lipinski definition) is 3. The summed E-state index contributed by atoms with van der Waals surface area (Å²) in [5, 5.41) is 12.1. The fraction of sp³-hybridized carbons (Fsp3) is 0.303. The second-order valence-corrected chi connectivity index (χ2v) is 10.9. The Hall–Kier alpha value is -5.03. The monoisotopic (exact) mass is 596 g/mol. The van der Waals surface area contributed by atoms with Crippen LogP contribution in [-0.2, 0) is 29.6 Å². The number of carbonyl (C=O) groups excluding carboxylic acids is 3. The van der Waals surface area contributed by atoms with Gasteiger partial charge in [0.2, 0.25) is 5.91 Å². The van der Waals surface area contributed by atoms with E-state index in [1.165, 1.54) is 6.08 Å². The van der Waals surface area contributed by atoms with Crippen LogP contribution in [-0.4, -0.2) is 62.8 Å². The lowest BCUT2D eigenvalue weighted by Crippen LogP contribution is -2.41. The predicted molar refractivity (Wildman–Crippen MR) is 170 cm³/mol. The zero-order chi connectivity index (χ0) is 31.6. The number of rotatable bonds is 12. The van der Waals surface area contributed by atoms with Crippen molar-refractivity contribution in [3.8, 4) is 22.4 Å². The number of likely N-dealkylation sites (N-methyl/N-ethyl adjacent to an activating group) is 1. The normalized spacial score (nSPS) is 12.0. The minimum Gasteiger partial charge on any atom is -0.346 e. The molecule has 2 aromatic heterocycles. The van der Waals surface area contributed by atoms with Crippen LogP contribution in [0.2, 0.25) is 0 Å². The van der Waals surface area contributed by atoms with Crippen molar-refractivity contribution in [2.45, 2.75) is 39.3 Å². The van der Waals surface area contributed by atoms with E-state index < -0.39 is 5.91 Å². The van der Waals surface area contributed by atoms with Gasteiger partial charge in [-0.05, 0) is 81.4 Å². The van der Waals surface area contributed by atoms with E-state index >= 15 is 0 Å². The van der Waals surface area contributed by atoms with E-state index in [9.17, 15) is 14.4 Å². The van der Waals surface area contributed by atoms with Crippen molar-refractivity contribution >= 4 is 17.7 Å². The van der Waals surface area contributed by atoms with Gasteiger partial charge in [-0.2, -0.15) is 10.2 Å². The molecule has 0 spiro atoms. The second-order valence-electron chi connectivity index (χ2n) is 10.9. The lowest BCUT2D eigenvalue weighted by molar-refractivity contribution is -0.126. The van der Waals surface area contributed by atoms with Gasteiger partial charge in [-0.25, -0.2) is 0 Å². The number of hydrogen-bond acceptors (Lipinski definition) is 6. The molecule has 0 saturated carbocycles. The molecule has 0 saturated heterocycles. The Bertz CT molecular complexity index is 1640. The summed E-state index contributed by atoms with van der Waals surface area (Å²) in [6.07, 6.45) is 9.22. The molecule has 1 atom stereocenters. The molecule has 230 valence electrons. The van der Waals surface area contributed by atoms with E-state index in [4.69, 9.17) is 0 Å². The molecule has 4 rings (SSSR count). The van der Waals surface area contributed by atoms with Crippen LogP contribution in [0.4, 0.5) is 0 Å². The Morgan fingerprint density at radius 3 is 2.50 bits per heavy atom. The Morgan fingerprint density at radius 1 is 1.02 bits per heavy atom. The highest BCUT2D eigenvalue weighted by Crippen LogP contribution is 2.30. The zero-order valence-electron chi connectivity index (χ0n) is 25.9. The average Bonchev–Trinajstić information content (AvgIpc) is 3.68. The van der Waals surface area contributed by atoms with Crippen molar-refractivity contribution in [2.75, 3.05) is 20.6 Å². The van der Waals surface area contributed by atoms with E-state index in [0.29, 0.717) is 18.5 Å². The maximum Gasteiger partial charge on any atom is 0.262 e. The smallest absolute Gasteiger partial charge is 0.262 e. The van der Waals surface area contributed by atoms with Gasteiger partial charge in [0, 0.05) is 61.7 Å². The van der Waals surface area contributed by atoms with Crippen molar-refractivity contribution in [3.63, 3.8) is 0 Å². The minimum atomic E-state index is -0.413. The quantitative estimate of drug-likeness (QED) is 0.169. The summed E-state index contributed by atoms with van der Waals surface area (Å²) in [5.41, 5.74) is 10.7. The first-order chi connectivity index (χ1) is 21.1. The summed E-state index contributed by atoms with van der Waals surface area (Å²) in [4.78, 5) is 39.7. The van der Waals surface area contributed by atoms with Crippen molar-refractivity contribution in [1.82, 2.24) is 40.6 Å². The van der Waals surface area contributed by atoms with E-state index in [1.54, 1.807) is 22.9 Å². The molecule has 0 aliphatic carbocycles. The van der Waals surface area contributed by atoms with E-state index in [-0.39, 0.29) is 24.3 Å². The van der Waals surface area contributed by atoms with E-state index in [1.807, 2.05) is 87.4 Å². The fourth-order valence-corrected chi connectivity index (χ4v) is 4.65. The molecular weight excluding hydrogens is 556 g/mol. The van der Waals surface area contributed by atoms with Crippen molar-refractivity contribution in [2.24, 2.45) is 7.05 Å². The lowest BCUT2D eigenvalue weighted by Gasteiger charge is -2.18. The molecule has 4 aromatic rings. The number of amides is 3. The summed E-state index contributed by atoms with van der Waals surface area (Å²) in [7, 11) is 5.66. The highest BCUT2D eigenvalue weighted by Gasteiger charge is 2.18. The van der Waals surface area contributed by atoms with Gasteiger partial charge in [0.15, 0.2) is 0 Å². The van der Waals surface area contributed by atoms with Gasteiger partial charge in [-0.1, -0.05) is 24.3 Å². The van der Waals surface area contributed by atoms with Crippen LogP contribution in [0, 0.1) is 0 Å². The second kappa shape index (κ2) is 14.9. The van der Waals surface area contributed by atoms with Crippen molar-refractivity contribution in [1.29, 1.82) is 0 Å². The number of aryl methyl sites for hydroxylation is 3. The number of nitrogens with one attached hydrogen (secondary N) is 3. The van der Waals surface area contributed by atoms with Crippen LogP contribution in [0.3, 0.4) is 0 Å². The standard InChI is InChI=1S/C33H40N8O3/c1-6-41-17-15-30(38-41)27-19-25(18-26(20-27)28-21-34-40(5)22-28)23(2)35-33(44)29-11-8-7-10-24(29)13-14-32(43)37-36-31(42)12-9-16-39(3)4/h7-12,15,17-23H,6,13-14,16H2,1-5H3,(H,35,44)(H,36,42)(H,37,43)/b12-9+/t23-/m1/s1. The molecule has 44 heavy (non-hydrogen) atoms. The van der Waals surface area contributed by atoms with Crippen LogP contribution in [0.25, 0.3) is 22.4 Å². The number of hydrazine groups is 1. The van der Waals surface area contributed by atoms with Gasteiger partial charge in [-0.3, -0.25) is 34.6 Å². The van der Waals surface area contributed by atoms with Crippen LogP contribution in [0.1, 0.15) is 47.8 Å². The maximum atomic E-state index is 13.5. The third-order valence-electron chi connectivity index (χ3n) is 7.05. The first-order valence-electron chi connectivity index (χ1n) is 14.6. The van der Waals surface area contributed by atoms with Crippen LogP contribution in [0.5, 0.6) is 0 Å². The van der Waals surface area contributed by atoms with Crippen LogP contribution < -0.4 is 16.2 Å². The minimum absolute atomic E-state index is 0.0997. The molecule has 0 aliphatic rings. The zero-order valence-corrected chi connectivity index (χ0v) is 25.9. The Morgan fingerprint density at radius 2 is 1.80 bits per heavy atom. The van der Waals surface area contributed by atoms with Crippen LogP contribution in [0.15, 0.2) is 79.3 Å². The van der Waals surface area contributed by atoms with Gasteiger partial charge in [0.1, 0.15) is 0 Å². The summed E-state index contributed by atoms with van der Waals surface area (Å²) < 4.78 is 3.64.